The zero-order valence-corrected chi connectivity index (χ0v) is 7.50. The van der Waals surface area contributed by atoms with E-state index < -0.39 is 5.97 Å². The van der Waals surface area contributed by atoms with Crippen LogP contribution in [0.3, 0.4) is 0 Å². The van der Waals surface area contributed by atoms with Crippen LogP contribution >= 0.6 is 0 Å². The molecule has 0 aliphatic carbocycles. The van der Waals surface area contributed by atoms with Gasteiger partial charge >= 0.3 is 5.97 Å². The molecule has 0 spiro atoms. The fraction of sp³-hybridized carbons (Fsp3) is 0.750. The zero-order chi connectivity index (χ0) is 9.44. The predicted molar refractivity (Wildman–Crippen MR) is 43.4 cm³/mol. The van der Waals surface area contributed by atoms with Gasteiger partial charge in [0.25, 0.3) is 0 Å². The van der Waals surface area contributed by atoms with Gasteiger partial charge in [0.15, 0.2) is 0 Å². The second-order valence-corrected chi connectivity index (χ2v) is 2.87. The third-order valence-corrected chi connectivity index (χ3v) is 0.766. The van der Waals surface area contributed by atoms with Crippen molar-refractivity contribution in [2.45, 2.75) is 27.7 Å². The number of carboxylic acids is 1. The Balaban J connectivity index is 0. The van der Waals surface area contributed by atoms with Crippen molar-refractivity contribution >= 4 is 12.3 Å². The highest BCUT2D eigenvalue weighted by atomic mass is 16.4. The Morgan fingerprint density at radius 2 is 1.45 bits per heavy atom. The third-order valence-electron chi connectivity index (χ3n) is 0.766. The summed E-state index contributed by atoms with van der Waals surface area (Å²) < 4.78 is 0. The Morgan fingerprint density at radius 3 is 1.45 bits per heavy atom. The number of aliphatic carboxylic acids is 1. The molecule has 0 aliphatic rings. The monoisotopic (exact) mass is 160 g/mol. The van der Waals surface area contributed by atoms with Crippen molar-refractivity contribution in [2.24, 2.45) is 11.8 Å². The fourth-order valence-corrected chi connectivity index (χ4v) is 0. The summed E-state index contributed by atoms with van der Waals surface area (Å²) in [5, 5.41) is 7.99. The van der Waals surface area contributed by atoms with Gasteiger partial charge in [0.1, 0.15) is 6.29 Å². The Labute approximate surface area is 67.4 Å². The molecule has 0 rings (SSSR count). The topological polar surface area (TPSA) is 54.4 Å². The molecule has 11 heavy (non-hydrogen) atoms. The van der Waals surface area contributed by atoms with Gasteiger partial charge in [0.05, 0.1) is 5.92 Å². The second kappa shape index (κ2) is 7.25. The van der Waals surface area contributed by atoms with Crippen molar-refractivity contribution < 1.29 is 14.7 Å². The SMILES string of the molecule is CC(C)C(=O)O.CC(C)C=O. The van der Waals surface area contributed by atoms with E-state index in [9.17, 15) is 9.59 Å². The lowest BCUT2D eigenvalue weighted by molar-refractivity contribution is -0.140. The van der Waals surface area contributed by atoms with Crippen LogP contribution in [0.5, 0.6) is 0 Å². The fourth-order valence-electron chi connectivity index (χ4n) is 0. The van der Waals surface area contributed by atoms with Crippen LogP contribution < -0.4 is 0 Å². The van der Waals surface area contributed by atoms with E-state index in [0.717, 1.165) is 6.29 Å². The Bertz CT molecular complexity index is 117. The lowest BCUT2D eigenvalue weighted by Crippen LogP contribution is -2.03. The Kier molecular flexibility index (Phi) is 8.43. The van der Waals surface area contributed by atoms with Crippen molar-refractivity contribution in [3.8, 4) is 0 Å². The number of rotatable bonds is 2. The summed E-state index contributed by atoms with van der Waals surface area (Å²) in [4.78, 5) is 19.2. The molecular weight excluding hydrogens is 144 g/mol. The van der Waals surface area contributed by atoms with Crippen LogP contribution in [0.25, 0.3) is 0 Å². The highest BCUT2D eigenvalue weighted by Crippen LogP contribution is 1.87. The largest absolute Gasteiger partial charge is 0.481 e. The summed E-state index contributed by atoms with van der Waals surface area (Å²) in [6.07, 6.45) is 0.917. The predicted octanol–water partition coefficient (Wildman–Crippen LogP) is 1.57. The van der Waals surface area contributed by atoms with Crippen LogP contribution in [0.2, 0.25) is 0 Å². The zero-order valence-electron chi connectivity index (χ0n) is 7.50. The van der Waals surface area contributed by atoms with Gasteiger partial charge in [-0.1, -0.05) is 27.7 Å². The van der Waals surface area contributed by atoms with E-state index in [1.807, 2.05) is 13.8 Å². The van der Waals surface area contributed by atoms with Gasteiger partial charge in [-0.15, -0.1) is 0 Å². The van der Waals surface area contributed by atoms with Gasteiger partial charge in [-0.3, -0.25) is 4.79 Å². The van der Waals surface area contributed by atoms with Crippen molar-refractivity contribution in [1.29, 1.82) is 0 Å². The molecule has 3 heteroatoms. The summed E-state index contributed by atoms with van der Waals surface area (Å²) >= 11 is 0. The summed E-state index contributed by atoms with van der Waals surface area (Å²) in [7, 11) is 0. The molecule has 66 valence electrons. The van der Waals surface area contributed by atoms with E-state index in [1.54, 1.807) is 13.8 Å². The second-order valence-electron chi connectivity index (χ2n) is 2.87. The number of carboxylic acid groups (broad SMARTS) is 1. The average Bonchev–Trinajstić information content (AvgIpc) is 1.89. The van der Waals surface area contributed by atoms with Crippen molar-refractivity contribution in [2.75, 3.05) is 0 Å². The average molecular weight is 160 g/mol. The van der Waals surface area contributed by atoms with Gasteiger partial charge in [0.2, 0.25) is 0 Å². The Morgan fingerprint density at radius 1 is 1.27 bits per heavy atom. The summed E-state index contributed by atoms with van der Waals surface area (Å²) in [5.41, 5.74) is 0. The first-order valence-corrected chi connectivity index (χ1v) is 3.59. The number of hydrogen-bond acceptors (Lipinski definition) is 2. The lowest BCUT2D eigenvalue weighted by Gasteiger charge is -1.89. The van der Waals surface area contributed by atoms with Gasteiger partial charge < -0.3 is 9.90 Å². The first-order valence-electron chi connectivity index (χ1n) is 3.59. The third kappa shape index (κ3) is 17.6. The molecule has 0 unspecified atom stereocenters. The van der Waals surface area contributed by atoms with E-state index in [1.165, 1.54) is 0 Å². The van der Waals surface area contributed by atoms with Crippen molar-refractivity contribution in [3.63, 3.8) is 0 Å². The molecule has 0 amide bonds. The summed E-state index contributed by atoms with van der Waals surface area (Å²) in [5.74, 6) is -0.769. The molecule has 0 aromatic carbocycles. The normalized spacial score (nSPS) is 8.91. The highest BCUT2D eigenvalue weighted by molar-refractivity contribution is 5.68. The first kappa shape index (κ1) is 12.8. The molecule has 0 aromatic rings. The van der Waals surface area contributed by atoms with Crippen LogP contribution in [0, 0.1) is 11.8 Å². The number of carbonyl (C=O) groups excluding carboxylic acids is 1. The van der Waals surface area contributed by atoms with E-state index in [4.69, 9.17) is 5.11 Å². The molecule has 0 fully saturated rings. The van der Waals surface area contributed by atoms with Crippen molar-refractivity contribution in [3.05, 3.63) is 0 Å². The van der Waals surface area contributed by atoms with Gasteiger partial charge in [-0.2, -0.15) is 0 Å². The number of hydrogen-bond donors (Lipinski definition) is 1. The minimum Gasteiger partial charge on any atom is -0.481 e. The molecule has 3 nitrogen and oxygen atoms in total. The molecule has 0 saturated heterocycles. The lowest BCUT2D eigenvalue weighted by atomic mass is 10.2. The summed E-state index contributed by atoms with van der Waals surface area (Å²) in [6.45, 7) is 6.99. The molecule has 0 radical (unpaired) electrons. The quantitative estimate of drug-likeness (QED) is 0.624. The molecule has 0 atom stereocenters. The van der Waals surface area contributed by atoms with E-state index in [-0.39, 0.29) is 11.8 Å². The standard InChI is InChI=1S/C4H8O2.C4H8O/c1-3(2)4(5)6;1-4(2)3-5/h3H,1-2H3,(H,5,6);3-4H,1-2H3. The number of aldehydes is 1. The maximum absolute atomic E-state index is 9.70. The minimum atomic E-state index is -0.741. The van der Waals surface area contributed by atoms with E-state index in [0.29, 0.717) is 0 Å². The maximum atomic E-state index is 9.70. The highest BCUT2D eigenvalue weighted by Gasteiger charge is 1.99. The van der Waals surface area contributed by atoms with Gasteiger partial charge in [0, 0.05) is 5.92 Å². The maximum Gasteiger partial charge on any atom is 0.305 e. The van der Waals surface area contributed by atoms with Gasteiger partial charge in [-0.05, 0) is 0 Å². The molecule has 0 heterocycles. The smallest absolute Gasteiger partial charge is 0.305 e. The van der Waals surface area contributed by atoms with Gasteiger partial charge in [-0.25, -0.2) is 0 Å². The summed E-state index contributed by atoms with van der Waals surface area (Å²) in [6, 6.07) is 0. The number of carbonyl (C=O) groups is 2. The minimum absolute atomic E-state index is 0.204. The molecule has 0 saturated carbocycles. The molecule has 0 aliphatic heterocycles. The molecule has 0 aromatic heterocycles. The molecule has 0 bridgehead atoms. The first-order chi connectivity index (χ1) is 4.91. The van der Waals surface area contributed by atoms with Crippen LogP contribution in [0.4, 0.5) is 0 Å². The van der Waals surface area contributed by atoms with Crippen molar-refractivity contribution in [1.82, 2.24) is 0 Å². The molecule has 1 N–H and O–H groups in total. The van der Waals surface area contributed by atoms with Crippen LogP contribution in [0.15, 0.2) is 0 Å². The van der Waals surface area contributed by atoms with Crippen LogP contribution in [-0.4, -0.2) is 17.4 Å². The van der Waals surface area contributed by atoms with E-state index in [2.05, 4.69) is 0 Å². The van der Waals surface area contributed by atoms with E-state index >= 15 is 0 Å². The molecular formula is C8H16O3. The van der Waals surface area contributed by atoms with Crippen LogP contribution in [0.1, 0.15) is 27.7 Å². The van der Waals surface area contributed by atoms with Crippen LogP contribution in [-0.2, 0) is 9.59 Å². The Hall–Kier alpha value is -0.860.